The maximum Gasteiger partial charge on any atom is 0.251 e. The first-order chi connectivity index (χ1) is 16.3. The molecule has 178 valence electrons. The van der Waals surface area contributed by atoms with Crippen molar-refractivity contribution in [3.63, 3.8) is 0 Å². The van der Waals surface area contributed by atoms with Gasteiger partial charge in [-0.2, -0.15) is 5.10 Å². The van der Waals surface area contributed by atoms with E-state index in [1.807, 2.05) is 25.4 Å². The van der Waals surface area contributed by atoms with Crippen LogP contribution in [0.2, 0.25) is 0 Å². The number of nitrogens with zero attached hydrogens (tertiary/aromatic N) is 5. The number of fused-ring (bicyclic) bond motifs is 3. The maximum absolute atomic E-state index is 14.0. The van der Waals surface area contributed by atoms with Crippen molar-refractivity contribution in [2.45, 2.75) is 49.7 Å². The van der Waals surface area contributed by atoms with Crippen LogP contribution in [0.4, 0.5) is 14.6 Å². The van der Waals surface area contributed by atoms with Gasteiger partial charge in [0, 0.05) is 61.4 Å². The first-order valence-corrected chi connectivity index (χ1v) is 11.6. The van der Waals surface area contributed by atoms with Crippen LogP contribution in [0.3, 0.4) is 0 Å². The fourth-order valence-electron chi connectivity index (χ4n) is 5.58. The Morgan fingerprint density at radius 1 is 1.12 bits per heavy atom. The first kappa shape index (κ1) is 21.3. The number of alkyl halides is 2. The summed E-state index contributed by atoms with van der Waals surface area (Å²) in [6, 6.07) is 6.92. The topological polar surface area (TPSA) is 88.3 Å². The van der Waals surface area contributed by atoms with Crippen molar-refractivity contribution >= 4 is 5.82 Å². The number of benzene rings is 1. The predicted molar refractivity (Wildman–Crippen MR) is 122 cm³/mol. The summed E-state index contributed by atoms with van der Waals surface area (Å²) in [5, 5.41) is 27.1. The fourth-order valence-corrected chi connectivity index (χ4v) is 5.58. The third kappa shape index (κ3) is 3.85. The summed E-state index contributed by atoms with van der Waals surface area (Å²) in [6.45, 7) is 1.13. The molecule has 34 heavy (non-hydrogen) atoms. The highest BCUT2D eigenvalue weighted by atomic mass is 19.3. The summed E-state index contributed by atoms with van der Waals surface area (Å²) in [5.41, 5.74) is 2.83. The summed E-state index contributed by atoms with van der Waals surface area (Å²) in [5.74, 6) is -1.26. The van der Waals surface area contributed by atoms with Crippen molar-refractivity contribution < 1.29 is 18.6 Å². The third-order valence-corrected chi connectivity index (χ3v) is 7.03. The van der Waals surface area contributed by atoms with Gasteiger partial charge < -0.3 is 20.1 Å². The van der Waals surface area contributed by atoms with Crippen LogP contribution in [0.15, 0.2) is 36.7 Å². The van der Waals surface area contributed by atoms with E-state index in [0.29, 0.717) is 48.8 Å². The minimum atomic E-state index is -2.59. The maximum atomic E-state index is 14.0. The number of piperidine rings is 2. The molecule has 3 aliphatic heterocycles. The zero-order valence-electron chi connectivity index (χ0n) is 18.8. The van der Waals surface area contributed by atoms with Gasteiger partial charge in [-0.25, -0.2) is 8.78 Å². The Morgan fingerprint density at radius 2 is 1.91 bits per heavy atom. The molecule has 10 heteroatoms. The Labute approximate surface area is 195 Å². The Balaban J connectivity index is 1.26. The monoisotopic (exact) mass is 468 g/mol. The van der Waals surface area contributed by atoms with Gasteiger partial charge in [0.2, 0.25) is 0 Å². The SMILES string of the molecule is Cn1cc(-c2ccc(-c3cc4c(nn3)N(C3C[C@H]5CC(F)(F)C[C@H](C3)N5)CCO4)c(O)c2)cn1. The van der Waals surface area contributed by atoms with Gasteiger partial charge in [0.15, 0.2) is 11.6 Å². The molecule has 2 N–H and O–H groups in total. The highest BCUT2D eigenvalue weighted by molar-refractivity contribution is 5.75. The van der Waals surface area contributed by atoms with Gasteiger partial charge in [0.1, 0.15) is 18.1 Å². The van der Waals surface area contributed by atoms with Gasteiger partial charge in [-0.15, -0.1) is 10.2 Å². The Morgan fingerprint density at radius 3 is 2.62 bits per heavy atom. The Hall–Kier alpha value is -3.27. The van der Waals surface area contributed by atoms with E-state index < -0.39 is 5.92 Å². The van der Waals surface area contributed by atoms with E-state index in [9.17, 15) is 13.9 Å². The van der Waals surface area contributed by atoms with Gasteiger partial charge in [-0.1, -0.05) is 6.07 Å². The van der Waals surface area contributed by atoms with Gasteiger partial charge in [-0.3, -0.25) is 4.68 Å². The number of aromatic nitrogens is 4. The summed E-state index contributed by atoms with van der Waals surface area (Å²) < 4.78 is 35.6. The molecule has 2 fully saturated rings. The molecule has 2 aromatic heterocycles. The van der Waals surface area contributed by atoms with E-state index in [0.717, 1.165) is 11.1 Å². The number of halogens is 2. The normalized spacial score (nSPS) is 25.5. The molecule has 2 saturated heterocycles. The lowest BCUT2D eigenvalue weighted by atomic mass is 9.81. The highest BCUT2D eigenvalue weighted by Crippen LogP contribution is 2.41. The molecule has 0 amide bonds. The molecule has 8 nitrogen and oxygen atoms in total. The molecule has 3 aliphatic rings. The molecule has 3 aromatic rings. The third-order valence-electron chi connectivity index (χ3n) is 7.03. The first-order valence-electron chi connectivity index (χ1n) is 11.6. The molecule has 5 heterocycles. The van der Waals surface area contributed by atoms with Crippen LogP contribution < -0.4 is 15.0 Å². The van der Waals surface area contributed by atoms with Crippen LogP contribution in [-0.4, -0.2) is 62.3 Å². The van der Waals surface area contributed by atoms with Gasteiger partial charge in [-0.05, 0) is 30.5 Å². The molecule has 6 rings (SSSR count). The summed E-state index contributed by atoms with van der Waals surface area (Å²) in [6.07, 6.45) is 4.68. The van der Waals surface area contributed by atoms with Crippen LogP contribution in [0.1, 0.15) is 25.7 Å². The second-order valence-corrected chi connectivity index (χ2v) is 9.54. The van der Waals surface area contributed by atoms with Crippen LogP contribution >= 0.6 is 0 Å². The van der Waals surface area contributed by atoms with Crippen LogP contribution in [0, 0.1) is 0 Å². The number of hydrogen-bond donors (Lipinski definition) is 2. The zero-order valence-corrected chi connectivity index (χ0v) is 18.8. The fraction of sp³-hybridized carbons (Fsp3) is 0.458. The zero-order chi connectivity index (χ0) is 23.4. The second-order valence-electron chi connectivity index (χ2n) is 9.54. The number of phenolic OH excluding ortho intramolecular Hbond substituents is 1. The van der Waals surface area contributed by atoms with Crippen LogP contribution in [-0.2, 0) is 7.05 Å². The Bertz CT molecular complexity index is 1220. The lowest BCUT2D eigenvalue weighted by Crippen LogP contribution is -2.59. The lowest BCUT2D eigenvalue weighted by Gasteiger charge is -2.47. The number of aromatic hydroxyl groups is 1. The van der Waals surface area contributed by atoms with E-state index in [1.54, 1.807) is 23.0 Å². The molecule has 2 bridgehead atoms. The minimum Gasteiger partial charge on any atom is -0.507 e. The highest BCUT2D eigenvalue weighted by Gasteiger charge is 2.46. The summed E-state index contributed by atoms with van der Waals surface area (Å²) >= 11 is 0. The van der Waals surface area contributed by atoms with E-state index in [-0.39, 0.29) is 36.7 Å². The molecule has 0 aliphatic carbocycles. The molecule has 0 saturated carbocycles. The van der Waals surface area contributed by atoms with E-state index >= 15 is 0 Å². The largest absolute Gasteiger partial charge is 0.507 e. The predicted octanol–water partition coefficient (Wildman–Crippen LogP) is 3.37. The van der Waals surface area contributed by atoms with Crippen LogP contribution in [0.25, 0.3) is 22.4 Å². The average Bonchev–Trinajstić information content (AvgIpc) is 3.23. The number of aryl methyl sites for hydroxylation is 1. The van der Waals surface area contributed by atoms with Crippen molar-refractivity contribution in [3.05, 3.63) is 36.7 Å². The van der Waals surface area contributed by atoms with Crippen molar-refractivity contribution in [2.24, 2.45) is 7.05 Å². The Kier molecular flexibility index (Phi) is 4.94. The summed E-state index contributed by atoms with van der Waals surface area (Å²) in [4.78, 5) is 2.16. The molecule has 0 unspecified atom stereocenters. The minimum absolute atomic E-state index is 0.0929. The van der Waals surface area contributed by atoms with Crippen molar-refractivity contribution in [3.8, 4) is 33.9 Å². The smallest absolute Gasteiger partial charge is 0.251 e. The molecule has 1 aromatic carbocycles. The molecule has 0 radical (unpaired) electrons. The summed E-state index contributed by atoms with van der Waals surface area (Å²) in [7, 11) is 1.84. The van der Waals surface area contributed by atoms with E-state index in [1.165, 1.54) is 0 Å². The average molecular weight is 469 g/mol. The number of anilines is 1. The number of phenols is 1. The van der Waals surface area contributed by atoms with E-state index in [4.69, 9.17) is 4.74 Å². The quantitative estimate of drug-likeness (QED) is 0.609. The molecular formula is C24H26F2N6O2. The number of hydrogen-bond acceptors (Lipinski definition) is 7. The molecular weight excluding hydrogens is 442 g/mol. The number of nitrogens with one attached hydrogen (secondary N) is 1. The van der Waals surface area contributed by atoms with Gasteiger partial charge in [0.05, 0.1) is 12.7 Å². The van der Waals surface area contributed by atoms with Gasteiger partial charge >= 0.3 is 0 Å². The van der Waals surface area contributed by atoms with Crippen molar-refractivity contribution in [1.82, 2.24) is 25.3 Å². The molecule has 2 atom stereocenters. The second kappa shape index (κ2) is 7.90. The van der Waals surface area contributed by atoms with E-state index in [2.05, 4.69) is 25.5 Å². The standard InChI is InChI=1S/C24H26F2N6O2/c1-31-13-15(12-27-31)14-2-3-19(21(33)6-14)20-9-22-23(30-29-20)32(4-5-34-22)18-7-16-10-24(25,26)11-17(8-18)28-16/h2-3,6,9,12-13,16-18,28,33H,4-5,7-8,10-11H2,1H3/t16-,17-/m0/s1. The number of rotatable bonds is 3. The lowest BCUT2D eigenvalue weighted by molar-refractivity contribution is -0.0672. The van der Waals surface area contributed by atoms with Crippen molar-refractivity contribution in [2.75, 3.05) is 18.1 Å². The molecule has 0 spiro atoms. The van der Waals surface area contributed by atoms with Crippen molar-refractivity contribution in [1.29, 1.82) is 0 Å². The number of ether oxygens (including phenoxy) is 1. The van der Waals surface area contributed by atoms with Gasteiger partial charge in [0.25, 0.3) is 5.92 Å². The van der Waals surface area contributed by atoms with Crippen LogP contribution in [0.5, 0.6) is 11.5 Å².